The van der Waals surface area contributed by atoms with E-state index in [0.29, 0.717) is 43.2 Å². The number of hydrogen-bond donors (Lipinski definition) is 3. The highest BCUT2D eigenvalue weighted by Crippen LogP contribution is 2.34. The van der Waals surface area contributed by atoms with Gasteiger partial charge in [-0.15, -0.1) is 0 Å². The van der Waals surface area contributed by atoms with Gasteiger partial charge in [0.1, 0.15) is 29.1 Å². The van der Waals surface area contributed by atoms with Crippen molar-refractivity contribution in [1.82, 2.24) is 35.6 Å². The number of halogens is 3. The molecule has 6 heterocycles. The first kappa shape index (κ1) is 49.5. The Kier molecular flexibility index (Phi) is 14.4. The molecule has 3 N–H and O–H groups in total. The molecule has 0 aliphatic carbocycles. The Morgan fingerprint density at radius 2 is 0.896 bits per heavy atom. The van der Waals surface area contributed by atoms with E-state index in [4.69, 9.17) is 9.47 Å². The van der Waals surface area contributed by atoms with Crippen LogP contribution in [0.5, 0.6) is 0 Å². The van der Waals surface area contributed by atoms with Crippen LogP contribution in [-0.4, -0.2) is 155 Å². The molecule has 6 aliphatic heterocycles. The van der Waals surface area contributed by atoms with Gasteiger partial charge in [0.2, 0.25) is 23.6 Å². The lowest BCUT2D eigenvalue weighted by molar-refractivity contribution is -0.137. The second-order valence-corrected chi connectivity index (χ2v) is 18.2. The highest BCUT2D eigenvalue weighted by atomic mass is 19.2. The number of anilines is 1. The van der Waals surface area contributed by atoms with E-state index in [0.717, 1.165) is 37.1 Å². The predicted octanol–water partition coefficient (Wildman–Crippen LogP) is 2.48. The molecule has 2 aromatic carbocycles. The number of carbonyl (C=O) groups is 10. The third kappa shape index (κ3) is 11.2. The van der Waals surface area contributed by atoms with Crippen molar-refractivity contribution in [2.24, 2.45) is 0 Å². The van der Waals surface area contributed by atoms with Gasteiger partial charge in [0, 0.05) is 65.2 Å². The quantitative estimate of drug-likeness (QED) is 0.375. The minimum absolute atomic E-state index is 0.00531. The predicted molar refractivity (Wildman–Crippen MR) is 227 cm³/mol. The Bertz CT molecular complexity index is 2380. The summed E-state index contributed by atoms with van der Waals surface area (Å²) < 4.78 is 51.9. The first-order chi connectivity index (χ1) is 31.3. The largest absolute Gasteiger partial charge is 0.444 e. The Balaban J connectivity index is 0.000000185. The van der Waals surface area contributed by atoms with Gasteiger partial charge >= 0.3 is 12.2 Å². The van der Waals surface area contributed by atoms with E-state index in [1.165, 1.54) is 11.0 Å². The van der Waals surface area contributed by atoms with Crippen molar-refractivity contribution in [3.8, 4) is 0 Å². The van der Waals surface area contributed by atoms with Crippen molar-refractivity contribution in [1.29, 1.82) is 0 Å². The van der Waals surface area contributed by atoms with Gasteiger partial charge < -0.3 is 29.5 Å². The first-order valence-electron chi connectivity index (χ1n) is 21.5. The number of hydrogen-bond acceptors (Lipinski definition) is 14. The molecule has 0 aromatic heterocycles. The molecule has 0 bridgehead atoms. The molecule has 20 nitrogen and oxygen atoms in total. The summed E-state index contributed by atoms with van der Waals surface area (Å²) in [6.07, 6.45) is -0.650. The molecule has 6 aliphatic rings. The highest BCUT2D eigenvalue weighted by Gasteiger charge is 2.47. The second-order valence-electron chi connectivity index (χ2n) is 18.2. The number of ether oxygens (including phenoxy) is 2. The zero-order chi connectivity index (χ0) is 49.3. The molecule has 23 heteroatoms. The fourth-order valence-corrected chi connectivity index (χ4v) is 7.82. The number of carbonyl (C=O) groups excluding carboxylic acids is 10. The van der Waals surface area contributed by atoms with E-state index >= 15 is 0 Å². The van der Waals surface area contributed by atoms with Crippen molar-refractivity contribution < 1.29 is 70.6 Å². The summed E-state index contributed by atoms with van der Waals surface area (Å²) in [7, 11) is 0. The molecule has 360 valence electrons. The number of nitrogens with zero attached hydrogens (tertiary/aromatic N) is 5. The average Bonchev–Trinajstić information content (AvgIpc) is 3.62. The minimum atomic E-state index is -1.25. The lowest BCUT2D eigenvalue weighted by Gasteiger charge is -2.37. The monoisotopic (exact) mass is 940 g/mol. The lowest BCUT2D eigenvalue weighted by atomic mass is 10.0. The van der Waals surface area contributed by atoms with Crippen molar-refractivity contribution >= 4 is 65.1 Å². The van der Waals surface area contributed by atoms with E-state index in [1.54, 1.807) is 30.6 Å². The van der Waals surface area contributed by atoms with Crippen molar-refractivity contribution in [3.63, 3.8) is 0 Å². The van der Waals surface area contributed by atoms with Crippen molar-refractivity contribution in [2.45, 2.75) is 90.5 Å². The molecule has 4 fully saturated rings. The summed E-state index contributed by atoms with van der Waals surface area (Å²) in [6, 6.07) is 1.34. The fraction of sp³-hybridized carbons (Fsp3) is 0.500. The molecule has 0 radical (unpaired) electrons. The summed E-state index contributed by atoms with van der Waals surface area (Å²) in [6.45, 7) is 15.4. The molecule has 67 heavy (non-hydrogen) atoms. The van der Waals surface area contributed by atoms with E-state index in [2.05, 4.69) is 10.6 Å². The van der Waals surface area contributed by atoms with Crippen molar-refractivity contribution in [2.75, 3.05) is 57.3 Å². The summed E-state index contributed by atoms with van der Waals surface area (Å²) in [5.74, 6) is -8.83. The number of rotatable bonds is 3. The molecule has 2 unspecified atom stereocenters. The average molecular weight is 941 g/mol. The van der Waals surface area contributed by atoms with Gasteiger partial charge in [-0.1, -0.05) is 0 Å². The van der Waals surface area contributed by atoms with Gasteiger partial charge in [-0.2, -0.15) is 0 Å². The van der Waals surface area contributed by atoms with Gasteiger partial charge in [0.05, 0.1) is 27.9 Å². The first-order valence-corrected chi connectivity index (χ1v) is 21.5. The van der Waals surface area contributed by atoms with Crippen LogP contribution in [0, 0.1) is 17.5 Å². The van der Waals surface area contributed by atoms with Crippen LogP contribution < -0.4 is 20.9 Å². The van der Waals surface area contributed by atoms with Crippen LogP contribution in [0.2, 0.25) is 0 Å². The smallest absolute Gasteiger partial charge is 0.410 e. The van der Waals surface area contributed by atoms with E-state index in [1.807, 2.05) is 26.1 Å². The Morgan fingerprint density at radius 3 is 1.27 bits per heavy atom. The van der Waals surface area contributed by atoms with Gasteiger partial charge in [-0.05, 0) is 78.6 Å². The Morgan fingerprint density at radius 1 is 0.537 bits per heavy atom. The van der Waals surface area contributed by atoms with Crippen LogP contribution in [0.1, 0.15) is 109 Å². The molecule has 10 amide bonds. The van der Waals surface area contributed by atoms with Gasteiger partial charge in [0.25, 0.3) is 23.6 Å². The number of imide groups is 4. The van der Waals surface area contributed by atoms with Gasteiger partial charge in [-0.25, -0.2) is 22.8 Å². The maximum absolute atomic E-state index is 15.0. The van der Waals surface area contributed by atoms with E-state index in [-0.39, 0.29) is 65.3 Å². The maximum Gasteiger partial charge on any atom is 0.410 e. The van der Waals surface area contributed by atoms with E-state index in [9.17, 15) is 61.1 Å². The standard InChI is InChI=1S/C22H25FN4O6.C13H8F2N2O4.C9H18N2O2/c1-22(2,3)33-21(32)26-8-6-25(7-9-26)16-11-13-12(10-14(16)23)19(30)27(20(13)31)15-4-5-17(28)24-18(15)29;14-7-3-5-6(4-8(7)15)13(21)17(12(5)20)9-1-2-10(18)16-11(9)19;1-9(2,3)13-8(12)11-6-4-10-5-7-11/h10-11,15H,4-9H2,1-3H3,(H,24,28,29);3-4,9H,1-2H2,(H,16,18,19);10H,4-7H2,1-3H3. The van der Waals surface area contributed by atoms with Crippen LogP contribution in [0.15, 0.2) is 24.3 Å². The van der Waals surface area contributed by atoms with Crippen molar-refractivity contribution in [3.05, 3.63) is 64.0 Å². The van der Waals surface area contributed by atoms with Crippen LogP contribution in [-0.2, 0) is 28.7 Å². The van der Waals surface area contributed by atoms with E-state index < -0.39 is 88.5 Å². The summed E-state index contributed by atoms with van der Waals surface area (Å²) in [4.78, 5) is 127. The molecule has 8 rings (SSSR count). The summed E-state index contributed by atoms with van der Waals surface area (Å²) >= 11 is 0. The number of amides is 10. The topological polar surface area (TPSA) is 241 Å². The summed E-state index contributed by atoms with van der Waals surface area (Å²) in [5, 5.41) is 7.33. The molecule has 2 atom stereocenters. The molecular weight excluding hydrogens is 890 g/mol. The third-order valence-electron chi connectivity index (χ3n) is 11.0. The number of piperidine rings is 2. The second kappa shape index (κ2) is 19.5. The zero-order valence-electron chi connectivity index (χ0n) is 37.7. The lowest BCUT2D eigenvalue weighted by Crippen LogP contribution is -2.54. The minimum Gasteiger partial charge on any atom is -0.444 e. The number of fused-ring (bicyclic) bond motifs is 2. The van der Waals surface area contributed by atoms with Crippen LogP contribution in [0.4, 0.5) is 28.4 Å². The van der Waals surface area contributed by atoms with Crippen LogP contribution in [0.25, 0.3) is 0 Å². The molecule has 2 aromatic rings. The normalized spacial score (nSPS) is 20.9. The summed E-state index contributed by atoms with van der Waals surface area (Å²) in [5.41, 5.74) is -1.55. The van der Waals surface area contributed by atoms with Crippen LogP contribution >= 0.6 is 0 Å². The molecule has 0 saturated carbocycles. The Hall–Kier alpha value is -6.91. The number of benzene rings is 2. The number of piperazine rings is 2. The molecular formula is C44H51F3N8O12. The Labute approximate surface area is 382 Å². The fourth-order valence-electron chi connectivity index (χ4n) is 7.82. The number of nitrogens with one attached hydrogen (secondary N) is 3. The van der Waals surface area contributed by atoms with Gasteiger partial charge in [-0.3, -0.25) is 58.8 Å². The van der Waals surface area contributed by atoms with Crippen LogP contribution in [0.3, 0.4) is 0 Å². The highest BCUT2D eigenvalue weighted by molar-refractivity contribution is 6.24. The molecule has 0 spiro atoms. The maximum atomic E-state index is 15.0. The van der Waals surface area contributed by atoms with Gasteiger partial charge in [0.15, 0.2) is 11.6 Å². The third-order valence-corrected chi connectivity index (χ3v) is 11.0. The zero-order valence-corrected chi connectivity index (χ0v) is 37.7. The molecule has 4 saturated heterocycles. The SMILES string of the molecule is CC(C)(C)OC(=O)N1CCN(c2cc3c(cc2F)C(=O)N(C2CCC(=O)NC2=O)C3=O)CC1.CC(C)(C)OC(=O)N1CCNCC1.O=C1CCC(N2C(=O)c3cc(F)c(F)cc3C2=O)C(=O)N1.